The van der Waals surface area contributed by atoms with E-state index >= 15 is 0 Å². The third-order valence-corrected chi connectivity index (χ3v) is 1.46. The lowest BCUT2D eigenvalue weighted by Gasteiger charge is -2.17. The number of aliphatic hydroxyl groups excluding tert-OH is 1. The number of terminal acetylenes is 1. The van der Waals surface area contributed by atoms with Crippen molar-refractivity contribution in [2.75, 3.05) is 6.54 Å². The van der Waals surface area contributed by atoms with Crippen LogP contribution >= 0.6 is 0 Å². The summed E-state index contributed by atoms with van der Waals surface area (Å²) >= 11 is 0. The molecule has 2 atom stereocenters. The van der Waals surface area contributed by atoms with Crippen LogP contribution in [0.4, 0.5) is 13.2 Å². The molecule has 2 unspecified atom stereocenters. The average Bonchev–Trinajstić information content (AvgIpc) is 1.99. The van der Waals surface area contributed by atoms with Gasteiger partial charge in [-0.2, -0.15) is 13.2 Å². The summed E-state index contributed by atoms with van der Waals surface area (Å²) in [4.78, 5) is 0. The first kappa shape index (κ1) is 12.3. The van der Waals surface area contributed by atoms with E-state index in [2.05, 4.69) is 11.2 Å². The number of alkyl halides is 3. The van der Waals surface area contributed by atoms with E-state index in [9.17, 15) is 13.2 Å². The van der Waals surface area contributed by atoms with Crippen molar-refractivity contribution in [3.8, 4) is 12.3 Å². The molecule has 0 aromatic heterocycles. The van der Waals surface area contributed by atoms with Crippen LogP contribution in [-0.2, 0) is 0 Å². The Hall–Kier alpha value is -0.730. The largest absolute Gasteiger partial charge is 0.415 e. The molecule has 0 fully saturated rings. The molecule has 2 N–H and O–H groups in total. The summed E-state index contributed by atoms with van der Waals surface area (Å²) in [5.74, 6) is 2.30. The topological polar surface area (TPSA) is 32.3 Å². The molecule has 5 heteroatoms. The Bertz CT molecular complexity index is 185. The van der Waals surface area contributed by atoms with Gasteiger partial charge in [-0.25, -0.2) is 0 Å². The van der Waals surface area contributed by atoms with Crippen LogP contribution in [0, 0.1) is 12.3 Å². The predicted molar refractivity (Wildman–Crippen MR) is 43.0 cm³/mol. The number of nitrogens with one attached hydrogen (secondary N) is 1. The Morgan fingerprint density at radius 3 is 2.46 bits per heavy atom. The van der Waals surface area contributed by atoms with Gasteiger partial charge in [-0.15, -0.1) is 12.3 Å². The fourth-order valence-electron chi connectivity index (χ4n) is 0.677. The standard InChI is InChI=1S/C8H12F3NO/c1-3-4-6(2)12-5-7(13)8(9,10)11/h1,6-7,12-13H,4-5H2,2H3. The van der Waals surface area contributed by atoms with E-state index in [-0.39, 0.29) is 6.04 Å². The summed E-state index contributed by atoms with van der Waals surface area (Å²) < 4.78 is 35.3. The Kier molecular flexibility index (Phi) is 4.81. The highest BCUT2D eigenvalue weighted by Gasteiger charge is 2.37. The first-order valence-corrected chi connectivity index (χ1v) is 3.79. The SMILES string of the molecule is C#CCC(C)NCC(O)C(F)(F)F. The van der Waals surface area contributed by atoms with Gasteiger partial charge >= 0.3 is 6.18 Å². The van der Waals surface area contributed by atoms with E-state index in [0.717, 1.165) is 0 Å². The quantitative estimate of drug-likeness (QED) is 0.653. The normalized spacial score (nSPS) is 16.3. The van der Waals surface area contributed by atoms with E-state index in [4.69, 9.17) is 11.5 Å². The first-order chi connectivity index (χ1) is 5.88. The van der Waals surface area contributed by atoms with Crippen LogP contribution in [0.25, 0.3) is 0 Å². The van der Waals surface area contributed by atoms with Crippen LogP contribution in [0.15, 0.2) is 0 Å². The summed E-state index contributed by atoms with van der Waals surface area (Å²) in [6, 6.07) is -0.220. The summed E-state index contributed by atoms with van der Waals surface area (Å²) in [6.07, 6.45) is -1.61. The summed E-state index contributed by atoms with van der Waals surface area (Å²) in [5, 5.41) is 11.0. The fraction of sp³-hybridized carbons (Fsp3) is 0.750. The first-order valence-electron chi connectivity index (χ1n) is 3.79. The van der Waals surface area contributed by atoms with Crippen molar-refractivity contribution in [3.63, 3.8) is 0 Å². The molecule has 0 aliphatic heterocycles. The number of aliphatic hydroxyl groups is 1. The van der Waals surface area contributed by atoms with Crippen molar-refractivity contribution in [1.82, 2.24) is 5.32 Å². The maximum absolute atomic E-state index is 11.8. The Labute approximate surface area is 75.1 Å². The predicted octanol–water partition coefficient (Wildman–Crippen LogP) is 0.911. The van der Waals surface area contributed by atoms with Crippen LogP contribution in [0.2, 0.25) is 0 Å². The maximum Gasteiger partial charge on any atom is 0.415 e. The number of rotatable bonds is 4. The molecular weight excluding hydrogens is 183 g/mol. The Balaban J connectivity index is 3.71. The smallest absolute Gasteiger partial charge is 0.382 e. The average molecular weight is 195 g/mol. The second kappa shape index (κ2) is 5.10. The van der Waals surface area contributed by atoms with Crippen molar-refractivity contribution in [1.29, 1.82) is 0 Å². The van der Waals surface area contributed by atoms with E-state index in [0.29, 0.717) is 6.42 Å². The molecule has 76 valence electrons. The zero-order valence-electron chi connectivity index (χ0n) is 7.23. The van der Waals surface area contributed by atoms with Gasteiger partial charge < -0.3 is 10.4 Å². The van der Waals surface area contributed by atoms with Crippen molar-refractivity contribution in [3.05, 3.63) is 0 Å². The highest BCUT2D eigenvalue weighted by molar-refractivity contribution is 4.88. The van der Waals surface area contributed by atoms with Crippen molar-refractivity contribution < 1.29 is 18.3 Å². The molecule has 0 rings (SSSR count). The zero-order valence-corrected chi connectivity index (χ0v) is 7.23. The van der Waals surface area contributed by atoms with Gasteiger partial charge in [0, 0.05) is 19.0 Å². The van der Waals surface area contributed by atoms with Crippen LogP contribution in [-0.4, -0.2) is 30.0 Å². The molecule has 0 heterocycles. The van der Waals surface area contributed by atoms with Gasteiger partial charge in [-0.05, 0) is 6.92 Å². The number of halogens is 3. The molecule has 0 saturated heterocycles. The maximum atomic E-state index is 11.8. The van der Waals surface area contributed by atoms with Gasteiger partial charge in [0.1, 0.15) is 0 Å². The lowest BCUT2D eigenvalue weighted by molar-refractivity contribution is -0.202. The molecule has 2 nitrogen and oxygen atoms in total. The molecule has 0 aliphatic rings. The minimum Gasteiger partial charge on any atom is -0.382 e. The third kappa shape index (κ3) is 5.50. The molecule has 0 aromatic carbocycles. The second-order valence-corrected chi connectivity index (χ2v) is 2.77. The van der Waals surface area contributed by atoms with Crippen LogP contribution in [0.1, 0.15) is 13.3 Å². The van der Waals surface area contributed by atoms with Crippen LogP contribution < -0.4 is 5.32 Å². The summed E-state index contributed by atoms with van der Waals surface area (Å²) in [5.41, 5.74) is 0. The molecule has 0 bridgehead atoms. The molecule has 0 spiro atoms. The van der Waals surface area contributed by atoms with E-state index in [1.807, 2.05) is 0 Å². The molecular formula is C8H12F3NO. The highest BCUT2D eigenvalue weighted by Crippen LogP contribution is 2.19. The van der Waals surface area contributed by atoms with Crippen LogP contribution in [0.3, 0.4) is 0 Å². The number of hydrogen-bond acceptors (Lipinski definition) is 2. The van der Waals surface area contributed by atoms with Gasteiger partial charge in [0.2, 0.25) is 0 Å². The molecule has 0 aromatic rings. The summed E-state index contributed by atoms with van der Waals surface area (Å²) in [6.45, 7) is 1.13. The summed E-state index contributed by atoms with van der Waals surface area (Å²) in [7, 11) is 0. The Morgan fingerprint density at radius 1 is 1.54 bits per heavy atom. The zero-order chi connectivity index (χ0) is 10.5. The minimum atomic E-state index is -4.57. The van der Waals surface area contributed by atoms with Gasteiger partial charge in [-0.1, -0.05) is 0 Å². The van der Waals surface area contributed by atoms with Gasteiger partial charge in [0.25, 0.3) is 0 Å². The lowest BCUT2D eigenvalue weighted by atomic mass is 10.2. The fourth-order valence-corrected chi connectivity index (χ4v) is 0.677. The van der Waals surface area contributed by atoms with Crippen molar-refractivity contribution in [2.45, 2.75) is 31.7 Å². The van der Waals surface area contributed by atoms with Gasteiger partial charge in [-0.3, -0.25) is 0 Å². The Morgan fingerprint density at radius 2 is 2.08 bits per heavy atom. The molecule has 0 aliphatic carbocycles. The molecule has 13 heavy (non-hydrogen) atoms. The van der Waals surface area contributed by atoms with E-state index in [1.165, 1.54) is 0 Å². The molecule has 0 saturated carbocycles. The molecule has 0 radical (unpaired) electrons. The van der Waals surface area contributed by atoms with Crippen molar-refractivity contribution in [2.24, 2.45) is 0 Å². The highest BCUT2D eigenvalue weighted by atomic mass is 19.4. The molecule has 0 amide bonds. The van der Waals surface area contributed by atoms with Crippen molar-refractivity contribution >= 4 is 0 Å². The van der Waals surface area contributed by atoms with Gasteiger partial charge in [0.05, 0.1) is 0 Å². The van der Waals surface area contributed by atoms with E-state index in [1.54, 1.807) is 6.92 Å². The minimum absolute atomic E-state index is 0.220. The van der Waals surface area contributed by atoms with Crippen LogP contribution in [0.5, 0.6) is 0 Å². The second-order valence-electron chi connectivity index (χ2n) is 2.77. The van der Waals surface area contributed by atoms with Gasteiger partial charge in [0.15, 0.2) is 6.10 Å². The monoisotopic (exact) mass is 195 g/mol. The van der Waals surface area contributed by atoms with E-state index < -0.39 is 18.8 Å². The number of hydrogen-bond donors (Lipinski definition) is 2. The third-order valence-electron chi connectivity index (χ3n) is 1.46. The lowest BCUT2D eigenvalue weighted by Crippen LogP contribution is -2.41.